The Morgan fingerprint density at radius 2 is 2.06 bits per heavy atom. The highest BCUT2D eigenvalue weighted by Crippen LogP contribution is 2.27. The fourth-order valence-electron chi connectivity index (χ4n) is 1.68. The molecule has 0 saturated heterocycles. The second kappa shape index (κ2) is 5.02. The first-order valence-electron chi connectivity index (χ1n) is 5.40. The predicted molar refractivity (Wildman–Crippen MR) is 69.9 cm³/mol. The van der Waals surface area contributed by atoms with Crippen molar-refractivity contribution < 1.29 is 0 Å². The van der Waals surface area contributed by atoms with Crippen molar-refractivity contribution in [1.82, 2.24) is 4.98 Å². The molecule has 4 heteroatoms. The molecule has 2 N–H and O–H groups in total. The van der Waals surface area contributed by atoms with E-state index in [2.05, 4.69) is 30.7 Å². The van der Waals surface area contributed by atoms with Gasteiger partial charge in [-0.15, -0.1) is 0 Å². The summed E-state index contributed by atoms with van der Waals surface area (Å²) in [4.78, 5) is 6.38. The average Bonchev–Trinajstić information content (AvgIpc) is 2.15. The van der Waals surface area contributed by atoms with Crippen LogP contribution >= 0.6 is 11.6 Å². The minimum atomic E-state index is 0.207. The van der Waals surface area contributed by atoms with Crippen LogP contribution in [0.5, 0.6) is 0 Å². The van der Waals surface area contributed by atoms with Crippen LogP contribution in [-0.2, 0) is 6.54 Å². The van der Waals surface area contributed by atoms with Crippen molar-refractivity contribution in [2.75, 3.05) is 18.5 Å². The Morgan fingerprint density at radius 3 is 2.56 bits per heavy atom. The molecule has 0 spiro atoms. The van der Waals surface area contributed by atoms with E-state index in [-0.39, 0.29) is 5.41 Å². The molecule has 0 fully saturated rings. The van der Waals surface area contributed by atoms with Crippen molar-refractivity contribution in [3.63, 3.8) is 0 Å². The summed E-state index contributed by atoms with van der Waals surface area (Å²) in [6.07, 6.45) is 1.75. The summed E-state index contributed by atoms with van der Waals surface area (Å²) in [5.74, 6) is 0.805. The smallest absolute Gasteiger partial charge is 0.147 e. The Balaban J connectivity index is 2.95. The highest BCUT2D eigenvalue weighted by Gasteiger charge is 2.17. The number of halogens is 1. The van der Waals surface area contributed by atoms with Gasteiger partial charge in [0.1, 0.15) is 5.82 Å². The summed E-state index contributed by atoms with van der Waals surface area (Å²) in [6.45, 7) is 7.89. The van der Waals surface area contributed by atoms with Gasteiger partial charge in [-0.05, 0) is 17.0 Å². The summed E-state index contributed by atoms with van der Waals surface area (Å²) in [5.41, 5.74) is 6.76. The topological polar surface area (TPSA) is 42.2 Å². The monoisotopic (exact) mass is 241 g/mol. The second-order valence-electron chi connectivity index (χ2n) is 5.23. The van der Waals surface area contributed by atoms with Crippen molar-refractivity contribution in [3.8, 4) is 0 Å². The molecule has 0 aliphatic rings. The molecule has 0 amide bonds. The van der Waals surface area contributed by atoms with Crippen LogP contribution < -0.4 is 10.6 Å². The molecule has 0 aliphatic carbocycles. The maximum Gasteiger partial charge on any atom is 0.147 e. The fraction of sp³-hybridized carbons (Fsp3) is 0.583. The van der Waals surface area contributed by atoms with Crippen LogP contribution in [0, 0.1) is 5.41 Å². The summed E-state index contributed by atoms with van der Waals surface area (Å²) < 4.78 is 0. The number of hydrogen-bond acceptors (Lipinski definition) is 3. The molecule has 0 aliphatic heterocycles. The van der Waals surface area contributed by atoms with Crippen LogP contribution in [0.2, 0.25) is 5.02 Å². The number of hydrogen-bond donors (Lipinski definition) is 1. The van der Waals surface area contributed by atoms with E-state index in [9.17, 15) is 0 Å². The third kappa shape index (κ3) is 3.35. The van der Waals surface area contributed by atoms with E-state index in [1.165, 1.54) is 0 Å². The van der Waals surface area contributed by atoms with Gasteiger partial charge in [-0.1, -0.05) is 32.4 Å². The average molecular weight is 242 g/mol. The van der Waals surface area contributed by atoms with Gasteiger partial charge in [-0.2, -0.15) is 0 Å². The number of nitrogens with zero attached hydrogens (tertiary/aromatic N) is 2. The van der Waals surface area contributed by atoms with Gasteiger partial charge in [-0.3, -0.25) is 0 Å². The molecule has 0 atom stereocenters. The summed E-state index contributed by atoms with van der Waals surface area (Å²) in [6, 6.07) is 1.86. The maximum absolute atomic E-state index is 6.25. The third-order valence-corrected chi connectivity index (χ3v) is 2.66. The zero-order chi connectivity index (χ0) is 12.3. The molecule has 0 radical (unpaired) electrons. The van der Waals surface area contributed by atoms with E-state index in [0.29, 0.717) is 11.6 Å². The van der Waals surface area contributed by atoms with E-state index in [4.69, 9.17) is 17.3 Å². The summed E-state index contributed by atoms with van der Waals surface area (Å²) >= 11 is 6.25. The van der Waals surface area contributed by atoms with Crippen molar-refractivity contribution in [3.05, 3.63) is 22.8 Å². The Bertz CT molecular complexity index is 358. The number of aromatic nitrogens is 1. The lowest BCUT2D eigenvalue weighted by atomic mass is 9.96. The molecule has 1 aromatic rings. The quantitative estimate of drug-likeness (QED) is 0.885. The molecule has 3 nitrogen and oxygen atoms in total. The predicted octanol–water partition coefficient (Wildman–Crippen LogP) is 2.68. The summed E-state index contributed by atoms with van der Waals surface area (Å²) in [7, 11) is 2.00. The zero-order valence-electron chi connectivity index (χ0n) is 10.4. The molecular weight excluding hydrogens is 222 g/mol. The minimum Gasteiger partial charge on any atom is -0.358 e. The van der Waals surface area contributed by atoms with Crippen LogP contribution in [-0.4, -0.2) is 18.6 Å². The van der Waals surface area contributed by atoms with Gasteiger partial charge >= 0.3 is 0 Å². The first-order chi connectivity index (χ1) is 7.35. The lowest BCUT2D eigenvalue weighted by molar-refractivity contribution is 0.418. The van der Waals surface area contributed by atoms with E-state index >= 15 is 0 Å². The third-order valence-electron chi connectivity index (χ3n) is 2.24. The molecule has 90 valence electrons. The first kappa shape index (κ1) is 13.3. The molecule has 1 heterocycles. The SMILES string of the molecule is CN(CC(C)(C)C)c1nccc(CN)c1Cl. The molecule has 1 aromatic heterocycles. The number of nitrogens with two attached hydrogens (primary N) is 1. The molecule has 0 aromatic carbocycles. The van der Waals surface area contributed by atoms with Gasteiger partial charge in [0, 0.05) is 26.3 Å². The molecule has 0 unspecified atom stereocenters. The van der Waals surface area contributed by atoms with E-state index in [1.54, 1.807) is 6.20 Å². The molecule has 0 saturated carbocycles. The Morgan fingerprint density at radius 1 is 1.44 bits per heavy atom. The van der Waals surface area contributed by atoms with Crippen molar-refractivity contribution in [2.24, 2.45) is 11.1 Å². The maximum atomic E-state index is 6.25. The van der Waals surface area contributed by atoms with Crippen LogP contribution in [0.3, 0.4) is 0 Å². The van der Waals surface area contributed by atoms with Crippen molar-refractivity contribution >= 4 is 17.4 Å². The van der Waals surface area contributed by atoms with E-state index in [1.807, 2.05) is 13.1 Å². The number of rotatable bonds is 3. The Hall–Kier alpha value is -0.800. The highest BCUT2D eigenvalue weighted by atomic mass is 35.5. The minimum absolute atomic E-state index is 0.207. The Labute approximate surface area is 103 Å². The van der Waals surface area contributed by atoms with E-state index in [0.717, 1.165) is 17.9 Å². The fourth-order valence-corrected chi connectivity index (χ4v) is 2.01. The standard InChI is InChI=1S/C12H20ClN3/c1-12(2,3)8-16(4)11-10(13)9(7-14)5-6-15-11/h5-6H,7-8,14H2,1-4H3. The van der Waals surface area contributed by atoms with Crippen LogP contribution in [0.15, 0.2) is 12.3 Å². The molecular formula is C12H20ClN3. The van der Waals surface area contributed by atoms with E-state index < -0.39 is 0 Å². The van der Waals surface area contributed by atoms with Gasteiger partial charge < -0.3 is 10.6 Å². The normalized spacial score (nSPS) is 11.6. The largest absolute Gasteiger partial charge is 0.358 e. The first-order valence-corrected chi connectivity index (χ1v) is 5.77. The van der Waals surface area contributed by atoms with Crippen molar-refractivity contribution in [1.29, 1.82) is 0 Å². The van der Waals surface area contributed by atoms with Gasteiger partial charge in [0.2, 0.25) is 0 Å². The lowest BCUT2D eigenvalue weighted by Crippen LogP contribution is -2.30. The Kier molecular flexibility index (Phi) is 4.16. The van der Waals surface area contributed by atoms with Crippen molar-refractivity contribution in [2.45, 2.75) is 27.3 Å². The molecule has 1 rings (SSSR count). The zero-order valence-corrected chi connectivity index (χ0v) is 11.2. The molecule has 0 bridgehead atoms. The number of anilines is 1. The van der Waals surface area contributed by atoms with Crippen LogP contribution in [0.4, 0.5) is 5.82 Å². The molecule has 16 heavy (non-hydrogen) atoms. The number of pyridine rings is 1. The van der Waals surface area contributed by atoms with Gasteiger partial charge in [-0.25, -0.2) is 4.98 Å². The van der Waals surface area contributed by atoms with Crippen LogP contribution in [0.1, 0.15) is 26.3 Å². The summed E-state index contributed by atoms with van der Waals surface area (Å²) in [5, 5.41) is 0.664. The van der Waals surface area contributed by atoms with Gasteiger partial charge in [0.25, 0.3) is 0 Å². The second-order valence-corrected chi connectivity index (χ2v) is 5.61. The van der Waals surface area contributed by atoms with Gasteiger partial charge in [0.15, 0.2) is 0 Å². The highest BCUT2D eigenvalue weighted by molar-refractivity contribution is 6.33. The lowest BCUT2D eigenvalue weighted by Gasteiger charge is -2.28. The van der Waals surface area contributed by atoms with Gasteiger partial charge in [0.05, 0.1) is 5.02 Å². The van der Waals surface area contributed by atoms with Crippen LogP contribution in [0.25, 0.3) is 0 Å².